The molecule has 172 valence electrons. The summed E-state index contributed by atoms with van der Waals surface area (Å²) < 4.78 is 68.6. The Morgan fingerprint density at radius 3 is 1.34 bits per heavy atom. The second kappa shape index (κ2) is 11.0. The molecule has 0 saturated heterocycles. The molecular formula is C14H23F6N3O6. The topological polar surface area (TPSA) is 165 Å². The van der Waals surface area contributed by atoms with Crippen molar-refractivity contribution < 1.29 is 55.7 Å². The van der Waals surface area contributed by atoms with Crippen molar-refractivity contribution in [3.8, 4) is 0 Å². The van der Waals surface area contributed by atoms with E-state index in [2.05, 4.69) is 5.32 Å². The van der Waals surface area contributed by atoms with Crippen LogP contribution >= 0.6 is 0 Å². The van der Waals surface area contributed by atoms with Crippen LogP contribution in [0.25, 0.3) is 0 Å². The van der Waals surface area contributed by atoms with Crippen LogP contribution in [0.4, 0.5) is 31.1 Å². The Kier molecular flexibility index (Phi) is 11.0. The van der Waals surface area contributed by atoms with Crippen molar-refractivity contribution in [1.82, 2.24) is 5.32 Å². The SMILES string of the molecule is CC(C)(C)OC(=O)NC1C[C@@H](N)[C@@H](N)C1.O=C(O)C(F)(F)F.O=C(O)C(F)(F)F. The quantitative estimate of drug-likeness (QED) is 0.381. The highest BCUT2D eigenvalue weighted by Gasteiger charge is 2.38. The molecule has 1 aliphatic carbocycles. The number of carbonyl (C=O) groups excluding carboxylic acids is 1. The van der Waals surface area contributed by atoms with Gasteiger partial charge in [-0.05, 0) is 33.6 Å². The first-order chi connectivity index (χ1) is 12.7. The standard InChI is InChI=1S/C10H21N3O2.2C2HF3O2/c1-10(2,3)15-9(14)13-6-4-7(11)8(12)5-6;2*3-2(4,5)1(6)7/h6-8H,4-5,11-12H2,1-3H3,(H,13,14);2*(H,6,7)/t6?,7-,8+;;. The van der Waals surface area contributed by atoms with E-state index in [0.717, 1.165) is 12.8 Å². The predicted molar refractivity (Wildman–Crippen MR) is 85.7 cm³/mol. The van der Waals surface area contributed by atoms with Crippen molar-refractivity contribution in [1.29, 1.82) is 0 Å². The molecule has 0 aromatic heterocycles. The number of nitrogens with one attached hydrogen (secondary N) is 1. The van der Waals surface area contributed by atoms with Gasteiger partial charge in [-0.1, -0.05) is 0 Å². The summed E-state index contributed by atoms with van der Waals surface area (Å²) in [6, 6.07) is -0.000256. The zero-order valence-corrected chi connectivity index (χ0v) is 15.6. The van der Waals surface area contributed by atoms with E-state index in [1.807, 2.05) is 20.8 Å². The molecule has 9 nitrogen and oxygen atoms in total. The van der Waals surface area contributed by atoms with E-state index >= 15 is 0 Å². The van der Waals surface area contributed by atoms with Crippen molar-refractivity contribution >= 4 is 18.0 Å². The van der Waals surface area contributed by atoms with Crippen LogP contribution in [0.1, 0.15) is 33.6 Å². The van der Waals surface area contributed by atoms with Crippen molar-refractivity contribution in [2.75, 3.05) is 0 Å². The summed E-state index contributed by atoms with van der Waals surface area (Å²) in [6.07, 6.45) is -9.12. The van der Waals surface area contributed by atoms with Gasteiger partial charge < -0.3 is 31.7 Å². The van der Waals surface area contributed by atoms with Gasteiger partial charge in [0.1, 0.15) is 5.60 Å². The lowest BCUT2D eigenvalue weighted by molar-refractivity contribution is -0.193. The predicted octanol–water partition coefficient (Wildman–Crippen LogP) is 1.59. The molecule has 29 heavy (non-hydrogen) atoms. The summed E-state index contributed by atoms with van der Waals surface area (Å²) in [5, 5.41) is 17.0. The van der Waals surface area contributed by atoms with Crippen LogP contribution in [0.2, 0.25) is 0 Å². The number of aliphatic carboxylic acids is 2. The molecule has 0 aliphatic heterocycles. The number of rotatable bonds is 1. The number of carboxylic acid groups (broad SMARTS) is 2. The van der Waals surface area contributed by atoms with E-state index in [9.17, 15) is 31.1 Å². The summed E-state index contributed by atoms with van der Waals surface area (Å²) in [7, 11) is 0. The van der Waals surface area contributed by atoms with Gasteiger partial charge in [0, 0.05) is 18.1 Å². The number of carbonyl (C=O) groups is 3. The maximum absolute atomic E-state index is 11.4. The Morgan fingerprint density at radius 1 is 0.862 bits per heavy atom. The Bertz CT molecular complexity index is 528. The minimum absolute atomic E-state index is 0.0232. The molecule has 1 rings (SSSR count). The van der Waals surface area contributed by atoms with E-state index in [-0.39, 0.29) is 18.1 Å². The molecule has 0 radical (unpaired) electrons. The highest BCUT2D eigenvalue weighted by Crippen LogP contribution is 2.17. The Balaban J connectivity index is 0. The Hall–Kier alpha value is -2.29. The largest absolute Gasteiger partial charge is 0.490 e. The third kappa shape index (κ3) is 15.3. The number of halogens is 6. The van der Waals surface area contributed by atoms with E-state index in [0.29, 0.717) is 0 Å². The summed E-state index contributed by atoms with van der Waals surface area (Å²) in [4.78, 5) is 29.2. The van der Waals surface area contributed by atoms with Crippen molar-refractivity contribution in [3.05, 3.63) is 0 Å². The van der Waals surface area contributed by atoms with E-state index in [1.165, 1.54) is 0 Å². The minimum atomic E-state index is -5.08. The lowest BCUT2D eigenvalue weighted by Gasteiger charge is -2.21. The molecule has 0 spiro atoms. The molecule has 0 bridgehead atoms. The number of nitrogens with two attached hydrogens (primary N) is 2. The fraction of sp³-hybridized carbons (Fsp3) is 0.786. The molecule has 0 heterocycles. The molecule has 1 unspecified atom stereocenters. The van der Waals surface area contributed by atoms with Crippen molar-refractivity contribution in [3.63, 3.8) is 0 Å². The average Bonchev–Trinajstić information content (AvgIpc) is 2.73. The average molecular weight is 443 g/mol. The Labute approximate surface area is 161 Å². The van der Waals surface area contributed by atoms with Gasteiger partial charge in [0.05, 0.1) is 0 Å². The number of carboxylic acids is 2. The fourth-order valence-corrected chi connectivity index (χ4v) is 1.69. The molecule has 0 aromatic carbocycles. The molecule has 1 fully saturated rings. The van der Waals surface area contributed by atoms with Gasteiger partial charge in [0.15, 0.2) is 0 Å². The van der Waals surface area contributed by atoms with Crippen molar-refractivity contribution in [2.45, 2.75) is 69.7 Å². The van der Waals surface area contributed by atoms with Crippen LogP contribution in [-0.2, 0) is 14.3 Å². The zero-order valence-electron chi connectivity index (χ0n) is 15.6. The van der Waals surface area contributed by atoms with Gasteiger partial charge >= 0.3 is 30.4 Å². The molecule has 1 saturated carbocycles. The number of alkyl halides is 6. The van der Waals surface area contributed by atoms with Crippen LogP contribution in [0.3, 0.4) is 0 Å². The summed E-state index contributed by atoms with van der Waals surface area (Å²) in [6.45, 7) is 5.50. The van der Waals surface area contributed by atoms with Crippen LogP contribution in [-0.4, -0.2) is 64.3 Å². The van der Waals surface area contributed by atoms with Gasteiger partial charge in [0.25, 0.3) is 0 Å². The number of alkyl carbamates (subject to hydrolysis) is 1. The number of hydrogen-bond acceptors (Lipinski definition) is 6. The molecule has 7 N–H and O–H groups in total. The second-order valence-electron chi connectivity index (χ2n) is 6.75. The molecular weight excluding hydrogens is 420 g/mol. The van der Waals surface area contributed by atoms with E-state index < -0.39 is 36.0 Å². The summed E-state index contributed by atoms with van der Waals surface area (Å²) in [5.74, 6) is -5.51. The van der Waals surface area contributed by atoms with Gasteiger partial charge in [-0.25, -0.2) is 14.4 Å². The smallest absolute Gasteiger partial charge is 0.475 e. The third-order valence-electron chi connectivity index (χ3n) is 2.87. The first kappa shape index (κ1) is 28.9. The summed E-state index contributed by atoms with van der Waals surface area (Å²) >= 11 is 0. The minimum Gasteiger partial charge on any atom is -0.475 e. The van der Waals surface area contributed by atoms with Gasteiger partial charge in [0.2, 0.25) is 0 Å². The van der Waals surface area contributed by atoms with Gasteiger partial charge in [-0.15, -0.1) is 0 Å². The third-order valence-corrected chi connectivity index (χ3v) is 2.87. The fourth-order valence-electron chi connectivity index (χ4n) is 1.69. The first-order valence-corrected chi connectivity index (χ1v) is 7.77. The number of hydrogen-bond donors (Lipinski definition) is 5. The molecule has 1 amide bonds. The van der Waals surface area contributed by atoms with Gasteiger partial charge in [-0.2, -0.15) is 26.3 Å². The zero-order chi connectivity index (χ0) is 23.8. The lowest BCUT2D eigenvalue weighted by Crippen LogP contribution is -2.38. The Morgan fingerprint density at radius 2 is 1.14 bits per heavy atom. The maximum Gasteiger partial charge on any atom is 0.490 e. The van der Waals surface area contributed by atoms with Crippen LogP contribution in [0.15, 0.2) is 0 Å². The van der Waals surface area contributed by atoms with Crippen LogP contribution in [0.5, 0.6) is 0 Å². The number of amides is 1. The summed E-state index contributed by atoms with van der Waals surface area (Å²) in [5.41, 5.74) is 11.0. The molecule has 3 atom stereocenters. The maximum atomic E-state index is 11.4. The van der Waals surface area contributed by atoms with E-state index in [1.54, 1.807) is 0 Å². The highest BCUT2D eigenvalue weighted by atomic mass is 19.4. The normalized spacial score (nSPS) is 21.7. The van der Waals surface area contributed by atoms with Gasteiger partial charge in [-0.3, -0.25) is 0 Å². The van der Waals surface area contributed by atoms with Crippen molar-refractivity contribution in [2.24, 2.45) is 11.5 Å². The molecule has 15 heteroatoms. The second-order valence-corrected chi connectivity index (χ2v) is 6.75. The number of ether oxygens (including phenoxy) is 1. The molecule has 0 aromatic rings. The lowest BCUT2D eigenvalue weighted by atomic mass is 10.2. The first-order valence-electron chi connectivity index (χ1n) is 7.77. The van der Waals surface area contributed by atoms with Crippen LogP contribution in [0, 0.1) is 0 Å². The highest BCUT2D eigenvalue weighted by molar-refractivity contribution is 5.73. The monoisotopic (exact) mass is 443 g/mol. The van der Waals surface area contributed by atoms with Crippen LogP contribution < -0.4 is 16.8 Å². The molecule has 1 aliphatic rings. The van der Waals surface area contributed by atoms with E-state index in [4.69, 9.17) is 36.0 Å².